The van der Waals surface area contributed by atoms with Crippen molar-refractivity contribution in [1.29, 1.82) is 0 Å². The lowest BCUT2D eigenvalue weighted by Gasteiger charge is -2.15. The average Bonchev–Trinajstić information content (AvgIpc) is 2.27. The first-order valence-electron chi connectivity index (χ1n) is 5.60. The molecule has 0 amide bonds. The van der Waals surface area contributed by atoms with Crippen LogP contribution in [0.25, 0.3) is 0 Å². The summed E-state index contributed by atoms with van der Waals surface area (Å²) < 4.78 is 4.93. The van der Waals surface area contributed by atoms with Crippen molar-refractivity contribution in [3.63, 3.8) is 0 Å². The second kappa shape index (κ2) is 6.63. The van der Waals surface area contributed by atoms with Gasteiger partial charge in [-0.3, -0.25) is 0 Å². The summed E-state index contributed by atoms with van der Waals surface area (Å²) in [4.78, 5) is 0. The average molecular weight is 223 g/mol. The maximum Gasteiger partial charge on any atom is 0.0917 e. The minimum absolute atomic E-state index is 0.447. The minimum atomic E-state index is -0.447. The van der Waals surface area contributed by atoms with Crippen LogP contribution in [0, 0.1) is 13.8 Å². The second-order valence-corrected chi connectivity index (χ2v) is 4.07. The molecule has 0 aliphatic carbocycles. The van der Waals surface area contributed by atoms with Gasteiger partial charge in [-0.1, -0.05) is 23.8 Å². The van der Waals surface area contributed by atoms with Crippen LogP contribution in [-0.2, 0) is 4.74 Å². The summed E-state index contributed by atoms with van der Waals surface area (Å²) in [7, 11) is 1.67. The molecule has 0 heterocycles. The first-order chi connectivity index (χ1) is 7.65. The van der Waals surface area contributed by atoms with Crippen molar-refractivity contribution in [2.45, 2.75) is 20.0 Å². The molecular formula is C13H21NO2. The van der Waals surface area contributed by atoms with Gasteiger partial charge in [0, 0.05) is 20.2 Å². The van der Waals surface area contributed by atoms with E-state index in [2.05, 4.69) is 11.4 Å². The summed E-state index contributed by atoms with van der Waals surface area (Å²) in [6.45, 7) is 6.05. The molecule has 0 spiro atoms. The molecule has 0 aliphatic heterocycles. The number of methoxy groups -OCH3 is 1. The molecule has 1 unspecified atom stereocenters. The van der Waals surface area contributed by atoms with Gasteiger partial charge >= 0.3 is 0 Å². The highest BCUT2D eigenvalue weighted by molar-refractivity contribution is 5.32. The van der Waals surface area contributed by atoms with E-state index >= 15 is 0 Å². The third-order valence-electron chi connectivity index (χ3n) is 2.61. The van der Waals surface area contributed by atoms with Crippen LogP contribution in [0.2, 0.25) is 0 Å². The lowest BCUT2D eigenvalue weighted by Crippen LogP contribution is -2.25. The van der Waals surface area contributed by atoms with Gasteiger partial charge in [-0.15, -0.1) is 0 Å². The number of aliphatic hydroxyl groups excluding tert-OH is 1. The molecule has 0 aliphatic rings. The third-order valence-corrected chi connectivity index (χ3v) is 2.61. The van der Waals surface area contributed by atoms with Crippen molar-refractivity contribution in [1.82, 2.24) is 5.32 Å². The molecule has 3 heteroatoms. The molecule has 1 aromatic rings. The fourth-order valence-electron chi connectivity index (χ4n) is 1.64. The van der Waals surface area contributed by atoms with E-state index in [-0.39, 0.29) is 0 Å². The van der Waals surface area contributed by atoms with Crippen LogP contribution in [0.3, 0.4) is 0 Å². The second-order valence-electron chi connectivity index (χ2n) is 4.07. The fraction of sp³-hybridized carbons (Fsp3) is 0.538. The number of ether oxygens (including phenoxy) is 1. The largest absolute Gasteiger partial charge is 0.387 e. The van der Waals surface area contributed by atoms with Gasteiger partial charge in [0.2, 0.25) is 0 Å². The van der Waals surface area contributed by atoms with Crippen molar-refractivity contribution < 1.29 is 9.84 Å². The highest BCUT2D eigenvalue weighted by atomic mass is 16.5. The highest BCUT2D eigenvalue weighted by Crippen LogP contribution is 2.18. The zero-order valence-electron chi connectivity index (χ0n) is 10.3. The number of aliphatic hydroxyl groups is 1. The number of rotatable bonds is 6. The molecule has 90 valence electrons. The maximum absolute atomic E-state index is 10.0. The van der Waals surface area contributed by atoms with Crippen molar-refractivity contribution in [3.8, 4) is 0 Å². The lowest BCUT2D eigenvalue weighted by atomic mass is 10.0. The van der Waals surface area contributed by atoms with E-state index in [0.717, 1.165) is 17.7 Å². The van der Waals surface area contributed by atoms with Gasteiger partial charge in [-0.2, -0.15) is 0 Å². The van der Waals surface area contributed by atoms with Crippen LogP contribution in [0.15, 0.2) is 18.2 Å². The molecule has 3 nitrogen and oxygen atoms in total. The third kappa shape index (κ3) is 3.93. The first kappa shape index (κ1) is 13.2. The molecule has 0 saturated heterocycles. The Morgan fingerprint density at radius 2 is 2.12 bits per heavy atom. The lowest BCUT2D eigenvalue weighted by molar-refractivity contribution is 0.161. The van der Waals surface area contributed by atoms with Gasteiger partial charge < -0.3 is 15.2 Å². The van der Waals surface area contributed by atoms with E-state index in [0.29, 0.717) is 13.2 Å². The predicted octanol–water partition coefficient (Wildman–Crippen LogP) is 1.57. The van der Waals surface area contributed by atoms with Gasteiger partial charge in [0.1, 0.15) is 0 Å². The molecule has 1 rings (SSSR count). The Morgan fingerprint density at radius 3 is 2.81 bits per heavy atom. The van der Waals surface area contributed by atoms with Crippen LogP contribution in [-0.4, -0.2) is 31.9 Å². The summed E-state index contributed by atoms with van der Waals surface area (Å²) in [5.41, 5.74) is 3.31. The van der Waals surface area contributed by atoms with E-state index in [4.69, 9.17) is 4.74 Å². The topological polar surface area (TPSA) is 41.5 Å². The van der Waals surface area contributed by atoms with Crippen molar-refractivity contribution in [3.05, 3.63) is 34.9 Å². The zero-order valence-corrected chi connectivity index (χ0v) is 10.3. The fourth-order valence-corrected chi connectivity index (χ4v) is 1.64. The van der Waals surface area contributed by atoms with Gasteiger partial charge in [-0.05, 0) is 25.0 Å². The number of aryl methyl sites for hydroxylation is 2. The standard InChI is InChI=1S/C13H21NO2/c1-10-4-5-11(2)12(8-10)13(15)9-14-6-7-16-3/h4-5,8,13-15H,6-7,9H2,1-3H3. The van der Waals surface area contributed by atoms with Crippen molar-refractivity contribution in [2.24, 2.45) is 0 Å². The molecule has 16 heavy (non-hydrogen) atoms. The molecule has 0 bridgehead atoms. The number of nitrogens with one attached hydrogen (secondary N) is 1. The van der Waals surface area contributed by atoms with E-state index in [1.54, 1.807) is 7.11 Å². The number of benzene rings is 1. The quantitative estimate of drug-likeness (QED) is 0.719. The van der Waals surface area contributed by atoms with Gasteiger partial charge in [0.25, 0.3) is 0 Å². The predicted molar refractivity (Wildman–Crippen MR) is 65.6 cm³/mol. The van der Waals surface area contributed by atoms with Gasteiger partial charge in [0.15, 0.2) is 0 Å². The summed E-state index contributed by atoms with van der Waals surface area (Å²) in [5.74, 6) is 0. The molecule has 2 N–H and O–H groups in total. The Labute approximate surface area is 97.4 Å². The zero-order chi connectivity index (χ0) is 12.0. The molecule has 0 radical (unpaired) electrons. The SMILES string of the molecule is COCCNCC(O)c1cc(C)ccc1C. The normalized spacial score (nSPS) is 12.8. The Balaban J connectivity index is 2.51. The Bertz CT molecular complexity index is 326. The molecular weight excluding hydrogens is 202 g/mol. The summed E-state index contributed by atoms with van der Waals surface area (Å²) in [6.07, 6.45) is -0.447. The van der Waals surface area contributed by atoms with Crippen LogP contribution in [0.4, 0.5) is 0 Å². The molecule has 1 atom stereocenters. The van der Waals surface area contributed by atoms with E-state index in [1.807, 2.05) is 26.0 Å². The summed E-state index contributed by atoms with van der Waals surface area (Å²) >= 11 is 0. The number of hydrogen-bond acceptors (Lipinski definition) is 3. The Kier molecular flexibility index (Phi) is 5.46. The van der Waals surface area contributed by atoms with Crippen LogP contribution >= 0.6 is 0 Å². The maximum atomic E-state index is 10.0. The van der Waals surface area contributed by atoms with Crippen LogP contribution < -0.4 is 5.32 Å². The van der Waals surface area contributed by atoms with Crippen LogP contribution in [0.5, 0.6) is 0 Å². The summed E-state index contributed by atoms with van der Waals surface area (Å²) in [6, 6.07) is 6.14. The molecule has 0 saturated carbocycles. The minimum Gasteiger partial charge on any atom is -0.387 e. The van der Waals surface area contributed by atoms with Gasteiger partial charge in [0.05, 0.1) is 12.7 Å². The van der Waals surface area contributed by atoms with Crippen molar-refractivity contribution >= 4 is 0 Å². The van der Waals surface area contributed by atoms with Crippen molar-refractivity contribution in [2.75, 3.05) is 26.8 Å². The molecule has 0 fully saturated rings. The van der Waals surface area contributed by atoms with Crippen LogP contribution in [0.1, 0.15) is 22.8 Å². The first-order valence-corrected chi connectivity index (χ1v) is 5.60. The Hall–Kier alpha value is -0.900. The molecule has 1 aromatic carbocycles. The monoisotopic (exact) mass is 223 g/mol. The smallest absolute Gasteiger partial charge is 0.0917 e. The molecule has 0 aromatic heterocycles. The Morgan fingerprint density at radius 1 is 1.38 bits per heavy atom. The summed E-state index contributed by atoms with van der Waals surface area (Å²) in [5, 5.41) is 13.2. The highest BCUT2D eigenvalue weighted by Gasteiger charge is 2.09. The van der Waals surface area contributed by atoms with Gasteiger partial charge in [-0.25, -0.2) is 0 Å². The van der Waals surface area contributed by atoms with E-state index in [9.17, 15) is 5.11 Å². The van der Waals surface area contributed by atoms with E-state index in [1.165, 1.54) is 5.56 Å². The number of hydrogen-bond donors (Lipinski definition) is 2. The van der Waals surface area contributed by atoms with E-state index < -0.39 is 6.10 Å².